The number of imide groups is 1. The Kier molecular flexibility index (Phi) is 4.84. The Morgan fingerprint density at radius 3 is 2.06 bits per heavy atom. The van der Waals surface area contributed by atoms with Gasteiger partial charge in [0.05, 0.1) is 0 Å². The van der Waals surface area contributed by atoms with Gasteiger partial charge in [0.15, 0.2) is 0 Å². The van der Waals surface area contributed by atoms with E-state index in [0.29, 0.717) is 6.42 Å². The predicted molar refractivity (Wildman–Crippen MR) is 45.4 cm³/mol. The summed E-state index contributed by atoms with van der Waals surface area (Å²) in [6, 6.07) is 0. The zero-order valence-electron chi connectivity index (χ0n) is 8.90. The van der Waals surface area contributed by atoms with Crippen LogP contribution in [0.15, 0.2) is 0 Å². The first-order valence-electron chi connectivity index (χ1n) is 4.49. The van der Waals surface area contributed by atoms with Gasteiger partial charge in [-0.1, -0.05) is 6.92 Å². The second kappa shape index (κ2) is 5.28. The molecule has 0 radical (unpaired) electrons. The summed E-state index contributed by atoms with van der Waals surface area (Å²) < 4.78 is 64.1. The summed E-state index contributed by atoms with van der Waals surface area (Å²) in [5, 5.41) is 0.822. The lowest BCUT2D eigenvalue weighted by Crippen LogP contribution is -2.52. The molecule has 0 aromatic rings. The molecule has 0 bridgehead atoms. The summed E-state index contributed by atoms with van der Waals surface area (Å²) in [7, 11) is 0. The van der Waals surface area contributed by atoms with Crippen molar-refractivity contribution < 1.29 is 36.3 Å². The Bertz CT molecular complexity index is 302. The van der Waals surface area contributed by atoms with Crippen LogP contribution in [0.3, 0.4) is 0 Å². The molecule has 17 heavy (non-hydrogen) atoms. The molecule has 0 aliphatic heterocycles. The van der Waals surface area contributed by atoms with Crippen LogP contribution in [0, 0.1) is 0 Å². The quantitative estimate of drug-likeness (QED) is 0.794. The summed E-state index contributed by atoms with van der Waals surface area (Å²) in [5.41, 5.74) is 0. The van der Waals surface area contributed by atoms with Crippen molar-refractivity contribution in [2.75, 3.05) is 0 Å². The second-order valence-corrected chi connectivity index (χ2v) is 3.15. The molecule has 9 heteroatoms. The first kappa shape index (κ1) is 15.6. The van der Waals surface area contributed by atoms with E-state index in [0.717, 1.165) is 5.32 Å². The Balaban J connectivity index is 4.51. The number of nitrogens with one attached hydrogen (secondary N) is 1. The molecule has 0 fully saturated rings. The van der Waals surface area contributed by atoms with E-state index in [1.54, 1.807) is 6.92 Å². The molecule has 1 atom stereocenters. The maximum atomic E-state index is 12.4. The number of carbonyl (C=O) groups is 2. The topological polar surface area (TPSA) is 55.4 Å². The van der Waals surface area contributed by atoms with E-state index in [2.05, 4.69) is 4.74 Å². The van der Waals surface area contributed by atoms with Gasteiger partial charge < -0.3 is 4.74 Å². The van der Waals surface area contributed by atoms with Crippen LogP contribution >= 0.6 is 0 Å². The molecule has 0 aromatic heterocycles. The average molecular weight is 263 g/mol. The predicted octanol–water partition coefficient (Wildman–Crippen LogP) is 2.24. The van der Waals surface area contributed by atoms with Crippen LogP contribution in [-0.4, -0.2) is 30.2 Å². The largest absolute Gasteiger partial charge is 0.463 e. The summed E-state index contributed by atoms with van der Waals surface area (Å²) in [4.78, 5) is 21.3. The number of halogens is 5. The second-order valence-electron chi connectivity index (χ2n) is 3.15. The highest BCUT2D eigenvalue weighted by molar-refractivity contribution is 5.96. The molecule has 1 unspecified atom stereocenters. The highest BCUT2D eigenvalue weighted by atomic mass is 19.4. The molecular formula is C8H10F5NO3. The minimum Gasteiger partial charge on any atom is -0.446 e. The molecule has 0 aromatic carbocycles. The fourth-order valence-electron chi connectivity index (χ4n) is 0.595. The van der Waals surface area contributed by atoms with Crippen LogP contribution in [-0.2, 0) is 9.53 Å². The molecule has 0 saturated carbocycles. The highest BCUT2D eigenvalue weighted by Gasteiger charge is 2.63. The minimum absolute atomic E-state index is 0.317. The van der Waals surface area contributed by atoms with Crippen LogP contribution < -0.4 is 5.32 Å². The van der Waals surface area contributed by atoms with Crippen molar-refractivity contribution >= 4 is 12.0 Å². The third-order valence-corrected chi connectivity index (χ3v) is 1.74. The molecule has 0 aliphatic carbocycles. The van der Waals surface area contributed by atoms with Gasteiger partial charge >= 0.3 is 24.1 Å². The monoisotopic (exact) mass is 263 g/mol. The minimum atomic E-state index is -6.06. The average Bonchev–Trinajstić information content (AvgIpc) is 2.15. The zero-order chi connectivity index (χ0) is 13.9. The van der Waals surface area contributed by atoms with Crippen molar-refractivity contribution in [1.82, 2.24) is 5.32 Å². The molecular weight excluding hydrogens is 253 g/mol. The molecule has 0 heterocycles. The summed E-state index contributed by atoms with van der Waals surface area (Å²) in [6.07, 6.45) is -8.10. The third kappa shape index (κ3) is 4.16. The van der Waals surface area contributed by atoms with Gasteiger partial charge in [-0.15, -0.1) is 0 Å². The van der Waals surface area contributed by atoms with Crippen molar-refractivity contribution in [1.29, 1.82) is 0 Å². The number of carbonyl (C=O) groups excluding carboxylic acids is 2. The first-order chi connectivity index (χ1) is 7.52. The maximum Gasteiger partial charge on any atom is 0.463 e. The van der Waals surface area contributed by atoms with Gasteiger partial charge in [-0.3, -0.25) is 10.1 Å². The van der Waals surface area contributed by atoms with Crippen LogP contribution in [0.4, 0.5) is 26.7 Å². The van der Waals surface area contributed by atoms with Gasteiger partial charge in [0, 0.05) is 0 Å². The molecule has 0 rings (SSSR count). The van der Waals surface area contributed by atoms with E-state index in [1.807, 2.05) is 0 Å². The van der Waals surface area contributed by atoms with Gasteiger partial charge in [0.1, 0.15) is 6.10 Å². The van der Waals surface area contributed by atoms with Crippen molar-refractivity contribution in [3.8, 4) is 0 Å². The van der Waals surface area contributed by atoms with Gasteiger partial charge in [0.2, 0.25) is 0 Å². The van der Waals surface area contributed by atoms with Crippen LogP contribution in [0.2, 0.25) is 0 Å². The molecule has 0 saturated heterocycles. The van der Waals surface area contributed by atoms with E-state index < -0.39 is 30.2 Å². The SMILES string of the molecule is CCC(C)OC(=O)NC(=O)C(F)(F)C(F)(F)F. The summed E-state index contributed by atoms with van der Waals surface area (Å²) in [6.45, 7) is 2.97. The van der Waals surface area contributed by atoms with E-state index in [4.69, 9.17) is 0 Å². The van der Waals surface area contributed by atoms with Gasteiger partial charge in [-0.2, -0.15) is 22.0 Å². The molecule has 2 amide bonds. The van der Waals surface area contributed by atoms with Gasteiger partial charge in [0.25, 0.3) is 0 Å². The molecule has 1 N–H and O–H groups in total. The Morgan fingerprint density at radius 1 is 1.24 bits per heavy atom. The highest BCUT2D eigenvalue weighted by Crippen LogP contribution is 2.35. The molecule has 0 spiro atoms. The fraction of sp³-hybridized carbons (Fsp3) is 0.750. The van der Waals surface area contributed by atoms with Crippen molar-refractivity contribution in [2.24, 2.45) is 0 Å². The van der Waals surface area contributed by atoms with E-state index in [1.165, 1.54) is 6.92 Å². The fourth-order valence-corrected chi connectivity index (χ4v) is 0.595. The lowest BCUT2D eigenvalue weighted by molar-refractivity contribution is -0.269. The number of alkyl halides is 5. The van der Waals surface area contributed by atoms with Gasteiger partial charge in [-0.05, 0) is 13.3 Å². The van der Waals surface area contributed by atoms with Crippen LogP contribution in [0.1, 0.15) is 20.3 Å². The third-order valence-electron chi connectivity index (χ3n) is 1.74. The standard InChI is InChI=1S/C8H10F5NO3/c1-3-4(2)17-6(16)14-5(15)7(9,10)8(11,12)13/h4H,3H2,1-2H3,(H,14,15,16). The lowest BCUT2D eigenvalue weighted by atomic mass is 10.3. The smallest absolute Gasteiger partial charge is 0.446 e. The van der Waals surface area contributed by atoms with Crippen molar-refractivity contribution in [2.45, 2.75) is 38.5 Å². The molecule has 4 nitrogen and oxygen atoms in total. The van der Waals surface area contributed by atoms with Crippen LogP contribution in [0.5, 0.6) is 0 Å². The maximum absolute atomic E-state index is 12.4. The first-order valence-corrected chi connectivity index (χ1v) is 4.49. The molecule has 0 aliphatic rings. The molecule has 100 valence electrons. The van der Waals surface area contributed by atoms with E-state index in [9.17, 15) is 31.5 Å². The Hall–Kier alpha value is -1.41. The lowest BCUT2D eigenvalue weighted by Gasteiger charge is -2.18. The number of hydrogen-bond donors (Lipinski definition) is 1. The van der Waals surface area contributed by atoms with E-state index >= 15 is 0 Å². The Morgan fingerprint density at radius 2 is 1.71 bits per heavy atom. The van der Waals surface area contributed by atoms with E-state index in [-0.39, 0.29) is 0 Å². The number of alkyl carbamates (subject to hydrolysis) is 1. The normalized spacial score (nSPS) is 14.1. The van der Waals surface area contributed by atoms with Crippen LogP contribution in [0.25, 0.3) is 0 Å². The van der Waals surface area contributed by atoms with Crippen molar-refractivity contribution in [3.63, 3.8) is 0 Å². The number of ether oxygens (including phenoxy) is 1. The summed E-state index contributed by atoms with van der Waals surface area (Å²) in [5.74, 6) is -8.40. The zero-order valence-corrected chi connectivity index (χ0v) is 8.90. The summed E-state index contributed by atoms with van der Waals surface area (Å²) >= 11 is 0. The number of rotatable bonds is 3. The van der Waals surface area contributed by atoms with Crippen molar-refractivity contribution in [3.05, 3.63) is 0 Å². The number of amides is 2. The van der Waals surface area contributed by atoms with Gasteiger partial charge in [-0.25, -0.2) is 4.79 Å². The Labute approximate surface area is 93.1 Å². The number of hydrogen-bond acceptors (Lipinski definition) is 3.